The molecular formula is C21H21N3O3S. The Morgan fingerprint density at radius 3 is 2.68 bits per heavy atom. The zero-order chi connectivity index (χ0) is 20.0. The minimum Gasteiger partial charge on any atom is -0.351 e. The molecule has 7 heteroatoms. The van der Waals surface area contributed by atoms with E-state index >= 15 is 0 Å². The monoisotopic (exact) mass is 395 g/mol. The van der Waals surface area contributed by atoms with Gasteiger partial charge >= 0.3 is 0 Å². The van der Waals surface area contributed by atoms with Crippen molar-refractivity contribution >= 4 is 32.8 Å². The number of amides is 1. The maximum absolute atomic E-state index is 12.6. The van der Waals surface area contributed by atoms with Crippen LogP contribution in [0, 0.1) is 0 Å². The van der Waals surface area contributed by atoms with Gasteiger partial charge in [0.15, 0.2) is 0 Å². The number of hydrogen-bond acceptors (Lipinski definition) is 4. The topological polar surface area (TPSA) is 88.2 Å². The number of hydrogen-bond donors (Lipinski definition) is 2. The summed E-state index contributed by atoms with van der Waals surface area (Å²) < 4.78 is 27.8. The average Bonchev–Trinajstić information content (AvgIpc) is 2.71. The number of nitrogens with zero attached hydrogens (tertiary/aromatic N) is 1. The third kappa shape index (κ3) is 5.25. The van der Waals surface area contributed by atoms with Crippen molar-refractivity contribution in [2.24, 2.45) is 0 Å². The Labute approximate surface area is 164 Å². The van der Waals surface area contributed by atoms with Crippen molar-refractivity contribution in [3.8, 4) is 0 Å². The first-order valence-electron chi connectivity index (χ1n) is 8.81. The van der Waals surface area contributed by atoms with E-state index in [1.54, 1.807) is 49.7 Å². The van der Waals surface area contributed by atoms with E-state index < -0.39 is 16.1 Å². The highest BCUT2D eigenvalue weighted by atomic mass is 32.2. The molecule has 3 aromatic rings. The third-order valence-corrected chi connectivity index (χ3v) is 5.68. The quantitative estimate of drug-likeness (QED) is 0.602. The highest BCUT2D eigenvalue weighted by molar-refractivity contribution is 7.89. The zero-order valence-electron chi connectivity index (χ0n) is 15.4. The van der Waals surface area contributed by atoms with E-state index in [0.29, 0.717) is 0 Å². The second-order valence-electron chi connectivity index (χ2n) is 6.40. The fourth-order valence-corrected chi connectivity index (χ4v) is 3.93. The van der Waals surface area contributed by atoms with Gasteiger partial charge in [0.25, 0.3) is 0 Å². The molecule has 28 heavy (non-hydrogen) atoms. The van der Waals surface area contributed by atoms with Gasteiger partial charge in [-0.05, 0) is 42.1 Å². The van der Waals surface area contributed by atoms with E-state index in [1.165, 1.54) is 6.08 Å². The van der Waals surface area contributed by atoms with Gasteiger partial charge in [0, 0.05) is 36.4 Å². The fraction of sp³-hybridized carbons (Fsp3) is 0.143. The summed E-state index contributed by atoms with van der Waals surface area (Å²) in [6, 6.07) is 15.6. The molecule has 0 aliphatic rings. The molecule has 0 aliphatic carbocycles. The summed E-state index contributed by atoms with van der Waals surface area (Å²) in [5, 5.41) is 4.36. The normalized spacial score (nSPS) is 12.9. The Kier molecular flexibility index (Phi) is 6.18. The summed E-state index contributed by atoms with van der Waals surface area (Å²) in [6.07, 6.45) is 6.43. The summed E-state index contributed by atoms with van der Waals surface area (Å²) in [5.74, 6) is -0.284. The Morgan fingerprint density at radius 1 is 1.11 bits per heavy atom. The van der Waals surface area contributed by atoms with Crippen molar-refractivity contribution in [1.82, 2.24) is 15.0 Å². The number of benzene rings is 2. The molecule has 0 fully saturated rings. The number of fused-ring (bicyclic) bond motifs is 1. The van der Waals surface area contributed by atoms with Crippen LogP contribution in [0.1, 0.15) is 12.5 Å². The molecule has 3 rings (SSSR count). The van der Waals surface area contributed by atoms with Crippen LogP contribution in [-0.2, 0) is 14.8 Å². The maximum Gasteiger partial charge on any atom is 0.244 e. The summed E-state index contributed by atoms with van der Waals surface area (Å²) in [7, 11) is -3.69. The summed E-state index contributed by atoms with van der Waals surface area (Å²) >= 11 is 0. The minimum absolute atomic E-state index is 0.174. The predicted molar refractivity (Wildman–Crippen MR) is 110 cm³/mol. The molecule has 6 nitrogen and oxygen atoms in total. The number of carbonyl (C=O) groups excluding carboxylic acids is 1. The predicted octanol–water partition coefficient (Wildman–Crippen LogP) is 2.73. The number of rotatable bonds is 7. The summed E-state index contributed by atoms with van der Waals surface area (Å²) in [4.78, 5) is 16.1. The molecule has 1 aromatic heterocycles. The van der Waals surface area contributed by atoms with Crippen LogP contribution in [0.25, 0.3) is 16.8 Å². The second-order valence-corrected chi connectivity index (χ2v) is 8.11. The molecule has 0 bridgehead atoms. The van der Waals surface area contributed by atoms with E-state index in [2.05, 4.69) is 15.0 Å². The summed E-state index contributed by atoms with van der Waals surface area (Å²) in [6.45, 7) is 1.87. The maximum atomic E-state index is 12.6. The first-order chi connectivity index (χ1) is 13.4. The molecular weight excluding hydrogens is 374 g/mol. The van der Waals surface area contributed by atoms with E-state index in [-0.39, 0.29) is 17.3 Å². The lowest BCUT2D eigenvalue weighted by atomic mass is 10.2. The van der Waals surface area contributed by atoms with Gasteiger partial charge in [-0.25, -0.2) is 13.1 Å². The van der Waals surface area contributed by atoms with Crippen molar-refractivity contribution in [3.05, 3.63) is 78.6 Å². The van der Waals surface area contributed by atoms with Crippen molar-refractivity contribution in [2.45, 2.75) is 17.9 Å². The standard InChI is InChI=1S/C21H21N3O3S/c1-16(14-23-21(25)10-7-17-5-3-2-4-6-17)24-28(26,27)20-9-8-19-15-22-12-11-18(19)13-20/h2-13,15-16,24H,14H2,1H3,(H,23,25)/b10-7+/t16-/m1/s1. The van der Waals surface area contributed by atoms with Gasteiger partial charge in [0.2, 0.25) is 15.9 Å². The number of carbonyl (C=O) groups is 1. The zero-order valence-corrected chi connectivity index (χ0v) is 16.2. The van der Waals surface area contributed by atoms with Crippen LogP contribution >= 0.6 is 0 Å². The van der Waals surface area contributed by atoms with Crippen molar-refractivity contribution in [2.75, 3.05) is 6.54 Å². The first kappa shape index (κ1) is 19.7. The molecule has 2 aromatic carbocycles. The lowest BCUT2D eigenvalue weighted by molar-refractivity contribution is -0.116. The fourth-order valence-electron chi connectivity index (χ4n) is 2.65. The number of aromatic nitrogens is 1. The molecule has 1 heterocycles. The van der Waals surface area contributed by atoms with Crippen molar-refractivity contribution in [1.29, 1.82) is 0 Å². The molecule has 0 unspecified atom stereocenters. The smallest absolute Gasteiger partial charge is 0.244 e. The molecule has 144 valence electrons. The van der Waals surface area contributed by atoms with Gasteiger partial charge in [-0.1, -0.05) is 36.4 Å². The number of sulfonamides is 1. The van der Waals surface area contributed by atoms with Crippen molar-refractivity contribution in [3.63, 3.8) is 0 Å². The van der Waals surface area contributed by atoms with Gasteiger partial charge in [0.05, 0.1) is 4.90 Å². The SMILES string of the molecule is C[C@H](CNC(=O)/C=C/c1ccccc1)NS(=O)(=O)c1ccc2cnccc2c1. The van der Waals surface area contributed by atoms with E-state index in [0.717, 1.165) is 16.3 Å². The highest BCUT2D eigenvalue weighted by Crippen LogP contribution is 2.18. The Morgan fingerprint density at radius 2 is 1.89 bits per heavy atom. The number of nitrogens with one attached hydrogen (secondary N) is 2. The molecule has 0 saturated carbocycles. The van der Waals surface area contributed by atoms with Crippen LogP contribution in [0.4, 0.5) is 0 Å². The van der Waals surface area contributed by atoms with Gasteiger partial charge in [-0.2, -0.15) is 0 Å². The second kappa shape index (κ2) is 8.77. The first-order valence-corrected chi connectivity index (χ1v) is 10.3. The van der Waals surface area contributed by atoms with Crippen LogP contribution < -0.4 is 10.0 Å². The minimum atomic E-state index is -3.69. The highest BCUT2D eigenvalue weighted by Gasteiger charge is 2.18. The van der Waals surface area contributed by atoms with Crippen LogP contribution in [0.5, 0.6) is 0 Å². The molecule has 0 saturated heterocycles. The van der Waals surface area contributed by atoms with Crippen LogP contribution in [0.15, 0.2) is 78.0 Å². The molecule has 0 aliphatic heterocycles. The largest absolute Gasteiger partial charge is 0.351 e. The van der Waals surface area contributed by atoms with Gasteiger partial charge in [-0.15, -0.1) is 0 Å². The Hall–Kier alpha value is -3.03. The van der Waals surface area contributed by atoms with Gasteiger partial charge < -0.3 is 5.32 Å². The molecule has 0 spiro atoms. The average molecular weight is 395 g/mol. The van der Waals surface area contributed by atoms with E-state index in [9.17, 15) is 13.2 Å². The lowest BCUT2D eigenvalue weighted by Gasteiger charge is -2.15. The van der Waals surface area contributed by atoms with E-state index in [4.69, 9.17) is 0 Å². The van der Waals surface area contributed by atoms with E-state index in [1.807, 2.05) is 30.3 Å². The molecule has 1 atom stereocenters. The van der Waals surface area contributed by atoms with Crippen LogP contribution in [-0.4, -0.2) is 31.9 Å². The van der Waals surface area contributed by atoms with Crippen molar-refractivity contribution < 1.29 is 13.2 Å². The molecule has 0 radical (unpaired) electrons. The molecule has 1 amide bonds. The molecule has 2 N–H and O–H groups in total. The Balaban J connectivity index is 1.57. The van der Waals surface area contributed by atoms with Crippen LogP contribution in [0.3, 0.4) is 0 Å². The summed E-state index contributed by atoms with van der Waals surface area (Å²) in [5.41, 5.74) is 0.915. The van der Waals surface area contributed by atoms with Crippen LogP contribution in [0.2, 0.25) is 0 Å². The van der Waals surface area contributed by atoms with Gasteiger partial charge in [0.1, 0.15) is 0 Å². The number of pyridine rings is 1. The Bertz CT molecular complexity index is 1100. The third-order valence-electron chi connectivity index (χ3n) is 4.09. The van der Waals surface area contributed by atoms with Gasteiger partial charge in [-0.3, -0.25) is 9.78 Å². The lowest BCUT2D eigenvalue weighted by Crippen LogP contribution is -2.41.